The molecule has 7 heteroatoms. The minimum absolute atomic E-state index is 0.0731. The summed E-state index contributed by atoms with van der Waals surface area (Å²) in [6.07, 6.45) is 1.35. The van der Waals surface area contributed by atoms with Crippen molar-refractivity contribution in [2.75, 3.05) is 38.7 Å². The maximum absolute atomic E-state index is 13.3. The summed E-state index contributed by atoms with van der Waals surface area (Å²) in [7, 11) is 0.949. The number of hydrogen-bond donors (Lipinski definition) is 1. The third kappa shape index (κ3) is 4.35. The average molecular weight is 392 g/mol. The third-order valence-electron chi connectivity index (χ3n) is 5.47. The normalized spacial score (nSPS) is 19.1. The Balaban J connectivity index is 1.88. The molecule has 1 aliphatic rings. The quantitative estimate of drug-likeness (QED) is 0.820. The lowest BCUT2D eigenvalue weighted by molar-refractivity contribution is 0.0690. The first kappa shape index (κ1) is 19.9. The zero-order chi connectivity index (χ0) is 19.8. The van der Waals surface area contributed by atoms with E-state index in [4.69, 9.17) is 0 Å². The maximum Gasteiger partial charge on any atom is 0.254 e. The molecule has 1 unspecified atom stereocenters. The number of nitrogens with one attached hydrogen (secondary N) is 1. The van der Waals surface area contributed by atoms with E-state index in [-0.39, 0.29) is 23.5 Å². The molecule has 1 fully saturated rings. The Hall–Kier alpha value is -1.86. The van der Waals surface area contributed by atoms with E-state index < -0.39 is 9.84 Å². The molecule has 0 aliphatic carbocycles. The predicted molar refractivity (Wildman–Crippen MR) is 109 cm³/mol. The van der Waals surface area contributed by atoms with Gasteiger partial charge in [0.05, 0.1) is 11.5 Å². The van der Waals surface area contributed by atoms with E-state index in [0.29, 0.717) is 18.5 Å². The fraction of sp³-hybridized carbons (Fsp3) is 0.550. The Morgan fingerprint density at radius 3 is 2.59 bits per heavy atom. The Morgan fingerprint density at radius 1 is 1.22 bits per heavy atom. The zero-order valence-corrected chi connectivity index (χ0v) is 17.4. The van der Waals surface area contributed by atoms with Crippen molar-refractivity contribution in [1.29, 1.82) is 0 Å². The van der Waals surface area contributed by atoms with Crippen molar-refractivity contribution in [3.8, 4) is 0 Å². The second kappa shape index (κ2) is 7.64. The van der Waals surface area contributed by atoms with Gasteiger partial charge in [-0.3, -0.25) is 4.79 Å². The van der Waals surface area contributed by atoms with Crippen LogP contribution in [0.15, 0.2) is 18.2 Å². The maximum atomic E-state index is 13.3. The van der Waals surface area contributed by atoms with Gasteiger partial charge in [0, 0.05) is 34.7 Å². The van der Waals surface area contributed by atoms with Crippen LogP contribution in [0.5, 0.6) is 0 Å². The van der Waals surface area contributed by atoms with Gasteiger partial charge >= 0.3 is 0 Å². The van der Waals surface area contributed by atoms with Crippen LogP contribution in [0, 0.1) is 13.8 Å². The van der Waals surface area contributed by atoms with Crippen molar-refractivity contribution < 1.29 is 13.2 Å². The highest BCUT2D eigenvalue weighted by Crippen LogP contribution is 2.25. The van der Waals surface area contributed by atoms with Gasteiger partial charge in [0.2, 0.25) is 0 Å². The molecule has 2 heterocycles. The SMILES string of the molecule is Cc1[nH]c2ccc(C(=O)N(CCCN(C)C)C3CCS(=O)(=O)C3)cc2c1C. The van der Waals surface area contributed by atoms with Gasteiger partial charge in [0.15, 0.2) is 9.84 Å². The number of H-pyrrole nitrogens is 1. The van der Waals surface area contributed by atoms with Crippen LogP contribution in [0.2, 0.25) is 0 Å². The standard InChI is InChI=1S/C20H29N3O3S/c1-14-15(2)21-19-7-6-16(12-18(14)19)20(24)23(10-5-9-22(3)4)17-8-11-27(25,26)13-17/h6-7,12,17,21H,5,8-11,13H2,1-4H3. The average Bonchev–Trinajstić information content (AvgIpc) is 3.10. The molecule has 0 spiro atoms. The van der Waals surface area contributed by atoms with Gasteiger partial charge in [-0.2, -0.15) is 0 Å². The van der Waals surface area contributed by atoms with Crippen LogP contribution in [0.25, 0.3) is 10.9 Å². The van der Waals surface area contributed by atoms with Gasteiger partial charge in [0.25, 0.3) is 5.91 Å². The number of sulfone groups is 1. The highest BCUT2D eigenvalue weighted by atomic mass is 32.2. The van der Waals surface area contributed by atoms with Crippen LogP contribution in [0.4, 0.5) is 0 Å². The van der Waals surface area contributed by atoms with Gasteiger partial charge in [-0.1, -0.05) is 0 Å². The van der Waals surface area contributed by atoms with Crippen LogP contribution in [-0.4, -0.2) is 73.8 Å². The van der Waals surface area contributed by atoms with Gasteiger partial charge in [-0.15, -0.1) is 0 Å². The largest absolute Gasteiger partial charge is 0.358 e. The molecule has 1 saturated heterocycles. The van der Waals surface area contributed by atoms with Crippen molar-refractivity contribution in [1.82, 2.24) is 14.8 Å². The number of aromatic amines is 1. The van der Waals surface area contributed by atoms with Gasteiger partial charge in [-0.25, -0.2) is 8.42 Å². The van der Waals surface area contributed by atoms with E-state index in [1.54, 1.807) is 4.90 Å². The predicted octanol–water partition coefficient (Wildman–Crippen LogP) is 2.37. The van der Waals surface area contributed by atoms with Crippen LogP contribution in [0.1, 0.15) is 34.5 Å². The molecule has 1 aromatic carbocycles. The molecule has 148 valence electrons. The van der Waals surface area contributed by atoms with Crippen LogP contribution >= 0.6 is 0 Å². The topological polar surface area (TPSA) is 73.5 Å². The molecule has 1 atom stereocenters. The summed E-state index contributed by atoms with van der Waals surface area (Å²) in [6, 6.07) is 5.47. The molecule has 0 radical (unpaired) electrons. The van der Waals surface area contributed by atoms with Gasteiger partial charge in [-0.05, 0) is 71.1 Å². The number of carbonyl (C=O) groups excluding carboxylic acids is 1. The molecule has 27 heavy (non-hydrogen) atoms. The Morgan fingerprint density at radius 2 is 1.96 bits per heavy atom. The summed E-state index contributed by atoms with van der Waals surface area (Å²) in [4.78, 5) is 20.5. The molecule has 2 aromatic rings. The Kier molecular flexibility index (Phi) is 5.63. The van der Waals surface area contributed by atoms with Crippen LogP contribution in [-0.2, 0) is 9.84 Å². The number of aromatic nitrogens is 1. The lowest BCUT2D eigenvalue weighted by Gasteiger charge is -2.29. The molecule has 3 rings (SSSR count). The molecular weight excluding hydrogens is 362 g/mol. The van der Waals surface area contributed by atoms with E-state index in [9.17, 15) is 13.2 Å². The summed E-state index contributed by atoms with van der Waals surface area (Å²) in [6.45, 7) is 5.49. The van der Waals surface area contributed by atoms with E-state index >= 15 is 0 Å². The monoisotopic (exact) mass is 391 g/mol. The fourth-order valence-electron chi connectivity index (χ4n) is 3.79. The molecule has 6 nitrogen and oxygen atoms in total. The summed E-state index contributed by atoms with van der Waals surface area (Å²) in [5.74, 6) is 0.172. The number of carbonyl (C=O) groups is 1. The van der Waals surface area contributed by atoms with Crippen molar-refractivity contribution in [3.63, 3.8) is 0 Å². The van der Waals surface area contributed by atoms with E-state index in [2.05, 4.69) is 9.88 Å². The summed E-state index contributed by atoms with van der Waals surface area (Å²) < 4.78 is 23.9. The van der Waals surface area contributed by atoms with Crippen LogP contribution in [0.3, 0.4) is 0 Å². The van der Waals surface area contributed by atoms with Crippen molar-refractivity contribution in [2.45, 2.75) is 32.7 Å². The number of amides is 1. The van der Waals surface area contributed by atoms with Gasteiger partial charge < -0.3 is 14.8 Å². The summed E-state index contributed by atoms with van der Waals surface area (Å²) in [5.41, 5.74) is 3.88. The van der Waals surface area contributed by atoms with E-state index in [1.807, 2.05) is 46.1 Å². The lowest BCUT2D eigenvalue weighted by atomic mass is 10.1. The summed E-state index contributed by atoms with van der Waals surface area (Å²) in [5, 5.41) is 1.05. The molecule has 0 bridgehead atoms. The van der Waals surface area contributed by atoms with Crippen molar-refractivity contribution in [3.05, 3.63) is 35.0 Å². The Bertz CT molecular complexity index is 947. The minimum atomic E-state index is -3.04. The highest BCUT2D eigenvalue weighted by Gasteiger charge is 2.34. The number of nitrogens with zero attached hydrogens (tertiary/aromatic N) is 2. The number of fused-ring (bicyclic) bond motifs is 1. The van der Waals surface area contributed by atoms with E-state index in [0.717, 1.165) is 35.1 Å². The molecule has 1 aromatic heterocycles. The molecule has 1 aliphatic heterocycles. The number of benzene rings is 1. The first-order chi connectivity index (χ1) is 12.7. The molecule has 0 saturated carbocycles. The number of hydrogen-bond acceptors (Lipinski definition) is 4. The molecular formula is C20H29N3O3S. The first-order valence-corrected chi connectivity index (χ1v) is 11.2. The van der Waals surface area contributed by atoms with Crippen LogP contribution < -0.4 is 0 Å². The smallest absolute Gasteiger partial charge is 0.254 e. The molecule has 1 amide bonds. The second-order valence-corrected chi connectivity index (χ2v) is 10.1. The van der Waals surface area contributed by atoms with Crippen molar-refractivity contribution in [2.24, 2.45) is 0 Å². The van der Waals surface area contributed by atoms with E-state index in [1.165, 1.54) is 0 Å². The summed E-state index contributed by atoms with van der Waals surface area (Å²) >= 11 is 0. The fourth-order valence-corrected chi connectivity index (χ4v) is 5.52. The molecule has 1 N–H and O–H groups in total. The number of aryl methyl sites for hydroxylation is 2. The zero-order valence-electron chi connectivity index (χ0n) is 16.6. The highest BCUT2D eigenvalue weighted by molar-refractivity contribution is 7.91. The Labute approximate surface area is 161 Å². The number of rotatable bonds is 6. The lowest BCUT2D eigenvalue weighted by Crippen LogP contribution is -2.42. The van der Waals surface area contributed by atoms with Crippen molar-refractivity contribution >= 4 is 26.6 Å². The first-order valence-electron chi connectivity index (χ1n) is 9.43. The third-order valence-corrected chi connectivity index (χ3v) is 7.22. The van der Waals surface area contributed by atoms with Gasteiger partial charge in [0.1, 0.15) is 0 Å². The second-order valence-electron chi connectivity index (χ2n) is 7.85. The minimum Gasteiger partial charge on any atom is -0.358 e.